The number of hydrogen-bond acceptors (Lipinski definition) is 4. The van der Waals surface area contributed by atoms with Crippen LogP contribution in [0, 0.1) is 17.6 Å². The summed E-state index contributed by atoms with van der Waals surface area (Å²) in [5.41, 5.74) is -0.330. The molecule has 34 heavy (non-hydrogen) atoms. The van der Waals surface area contributed by atoms with Gasteiger partial charge in [-0.15, -0.1) is 13.2 Å². The van der Waals surface area contributed by atoms with Crippen LogP contribution in [-0.4, -0.2) is 74.2 Å². The van der Waals surface area contributed by atoms with Crippen molar-refractivity contribution in [3.63, 3.8) is 0 Å². The third kappa shape index (κ3) is 6.61. The molecule has 1 aliphatic carbocycles. The molecule has 4 amide bonds. The number of nitrogens with one attached hydrogen (secondary N) is 2. The van der Waals surface area contributed by atoms with E-state index in [4.69, 9.17) is 4.74 Å². The number of methoxy groups -OCH3 is 1. The number of carbonyl (C=O) groups excluding carboxylic acids is 2. The number of halogens is 5. The molecule has 1 aromatic carbocycles. The Morgan fingerprint density at radius 1 is 1.15 bits per heavy atom. The van der Waals surface area contributed by atoms with E-state index in [0.29, 0.717) is 38.2 Å². The van der Waals surface area contributed by atoms with Crippen molar-refractivity contribution in [2.24, 2.45) is 5.92 Å². The molecule has 0 spiro atoms. The quantitative estimate of drug-likeness (QED) is 0.571. The molecule has 2 atom stereocenters. The zero-order valence-corrected chi connectivity index (χ0v) is 18.8. The number of hydrogen-bond donors (Lipinski definition) is 2. The van der Waals surface area contributed by atoms with Gasteiger partial charge in [0.05, 0.1) is 12.6 Å². The van der Waals surface area contributed by atoms with Crippen LogP contribution in [0.3, 0.4) is 0 Å². The minimum atomic E-state index is -5.17. The number of likely N-dealkylation sites (tertiary alicyclic amines) is 1. The highest BCUT2D eigenvalue weighted by atomic mass is 19.4. The molecule has 1 aliphatic heterocycles. The number of benzene rings is 1. The molecule has 2 N–H and O–H groups in total. The van der Waals surface area contributed by atoms with E-state index in [9.17, 15) is 31.5 Å². The number of piperidine rings is 1. The zero-order valence-electron chi connectivity index (χ0n) is 18.8. The van der Waals surface area contributed by atoms with E-state index in [-0.39, 0.29) is 29.6 Å². The summed E-state index contributed by atoms with van der Waals surface area (Å²) in [5, 5.41) is 5.10. The van der Waals surface area contributed by atoms with Gasteiger partial charge in [0.25, 0.3) is 0 Å². The average Bonchev–Trinajstić information content (AvgIpc) is 3.58. The molecule has 0 radical (unpaired) electrons. The van der Waals surface area contributed by atoms with Crippen LogP contribution < -0.4 is 15.4 Å². The third-order valence-electron chi connectivity index (χ3n) is 5.74. The number of nitrogens with zero attached hydrogens (tertiary/aromatic N) is 2. The number of urea groups is 2. The van der Waals surface area contributed by atoms with Crippen molar-refractivity contribution in [2.45, 2.75) is 44.3 Å². The van der Waals surface area contributed by atoms with Crippen molar-refractivity contribution in [1.29, 1.82) is 0 Å². The molecule has 0 unspecified atom stereocenters. The summed E-state index contributed by atoms with van der Waals surface area (Å²) in [5.74, 6) is -3.84. The molecule has 2 aliphatic rings. The van der Waals surface area contributed by atoms with Gasteiger partial charge in [0.2, 0.25) is 0 Å². The number of alkyl halides is 3. The van der Waals surface area contributed by atoms with Crippen LogP contribution in [0.1, 0.15) is 24.8 Å². The van der Waals surface area contributed by atoms with E-state index < -0.39 is 36.3 Å². The molecule has 13 heteroatoms. The predicted molar refractivity (Wildman–Crippen MR) is 110 cm³/mol. The lowest BCUT2D eigenvalue weighted by molar-refractivity contribution is -0.275. The second-order valence-electron chi connectivity index (χ2n) is 8.39. The highest BCUT2D eigenvalue weighted by Gasteiger charge is 2.42. The van der Waals surface area contributed by atoms with Gasteiger partial charge in [-0.1, -0.05) is 0 Å². The Bertz CT molecular complexity index is 897. The first-order valence-electron chi connectivity index (χ1n) is 10.8. The molecule has 190 valence electrons. The molecule has 1 heterocycles. The summed E-state index contributed by atoms with van der Waals surface area (Å²) in [6.07, 6.45) is -3.04. The third-order valence-corrected chi connectivity index (χ3v) is 5.74. The Morgan fingerprint density at radius 2 is 1.85 bits per heavy atom. The first kappa shape index (κ1) is 25.8. The standard InChI is InChI=1S/C21H27F5N4O4/c1-27-19(31)29-9-12(11-33-2)5-15(10-29)30(14-3-4-14)20(32)28-8-13-6-17(23)18(7-16(13)22)34-21(24,25)26/h6-7,12,14-15H,3-5,8-11H2,1-2H3,(H,27,31)(H,28,32)/t12-,15+/m0/s1. The largest absolute Gasteiger partial charge is 0.573 e. The van der Waals surface area contributed by atoms with E-state index >= 15 is 0 Å². The lowest BCUT2D eigenvalue weighted by atomic mass is 9.94. The van der Waals surface area contributed by atoms with Crippen molar-refractivity contribution in [3.05, 3.63) is 29.3 Å². The summed E-state index contributed by atoms with van der Waals surface area (Å²) in [7, 11) is 3.07. The van der Waals surface area contributed by atoms with Crippen molar-refractivity contribution in [3.8, 4) is 5.75 Å². The minimum absolute atomic E-state index is 0.00261. The maximum absolute atomic E-state index is 14.3. The Kier molecular flexibility index (Phi) is 8.05. The van der Waals surface area contributed by atoms with Crippen LogP contribution >= 0.6 is 0 Å². The molecule has 1 saturated heterocycles. The second-order valence-corrected chi connectivity index (χ2v) is 8.39. The van der Waals surface area contributed by atoms with Gasteiger partial charge in [0.1, 0.15) is 5.82 Å². The summed E-state index contributed by atoms with van der Waals surface area (Å²) >= 11 is 0. The first-order chi connectivity index (χ1) is 16.0. The Labute approximate surface area is 193 Å². The van der Waals surface area contributed by atoms with Crippen LogP contribution in [0.15, 0.2) is 12.1 Å². The summed E-state index contributed by atoms with van der Waals surface area (Å²) in [4.78, 5) is 28.5. The second kappa shape index (κ2) is 10.6. The minimum Gasteiger partial charge on any atom is -0.403 e. The van der Waals surface area contributed by atoms with Gasteiger partial charge in [-0.05, 0) is 25.3 Å². The van der Waals surface area contributed by atoms with Crippen LogP contribution in [0.5, 0.6) is 5.75 Å². The van der Waals surface area contributed by atoms with Gasteiger partial charge in [0, 0.05) is 57.4 Å². The summed E-state index contributed by atoms with van der Waals surface area (Å²) in [6, 6.07) is -0.329. The lowest BCUT2D eigenvalue weighted by Crippen LogP contribution is -2.58. The molecule has 1 aromatic rings. The Morgan fingerprint density at radius 3 is 2.44 bits per heavy atom. The van der Waals surface area contributed by atoms with E-state index in [2.05, 4.69) is 15.4 Å². The molecule has 0 aromatic heterocycles. The first-order valence-corrected chi connectivity index (χ1v) is 10.8. The fourth-order valence-electron chi connectivity index (χ4n) is 4.21. The van der Waals surface area contributed by atoms with Gasteiger partial charge < -0.3 is 29.9 Å². The van der Waals surface area contributed by atoms with Crippen molar-refractivity contribution in [2.75, 3.05) is 33.9 Å². The topological polar surface area (TPSA) is 83.1 Å². The van der Waals surface area contributed by atoms with Crippen molar-refractivity contribution >= 4 is 12.1 Å². The van der Waals surface area contributed by atoms with Gasteiger partial charge in [0.15, 0.2) is 11.6 Å². The molecule has 8 nitrogen and oxygen atoms in total. The monoisotopic (exact) mass is 494 g/mol. The van der Waals surface area contributed by atoms with Gasteiger partial charge in [-0.3, -0.25) is 0 Å². The number of carbonyl (C=O) groups is 2. The molecular formula is C21H27F5N4O4. The Hall–Kier alpha value is -2.83. The maximum atomic E-state index is 14.3. The average molecular weight is 494 g/mol. The highest BCUT2D eigenvalue weighted by Crippen LogP contribution is 2.33. The molecule has 3 rings (SSSR count). The van der Waals surface area contributed by atoms with Gasteiger partial charge in [-0.2, -0.15) is 0 Å². The maximum Gasteiger partial charge on any atom is 0.573 e. The van der Waals surface area contributed by atoms with E-state index in [1.807, 2.05) is 0 Å². The fourth-order valence-corrected chi connectivity index (χ4v) is 4.21. The molecule has 1 saturated carbocycles. The number of rotatable bonds is 7. The van der Waals surface area contributed by atoms with Gasteiger partial charge >= 0.3 is 18.4 Å². The Balaban J connectivity index is 1.71. The van der Waals surface area contributed by atoms with Crippen LogP contribution in [-0.2, 0) is 11.3 Å². The highest BCUT2D eigenvalue weighted by molar-refractivity contribution is 5.76. The van der Waals surface area contributed by atoms with E-state index in [0.717, 1.165) is 12.8 Å². The number of ether oxygens (including phenoxy) is 2. The summed E-state index contributed by atoms with van der Waals surface area (Å²) < 4.78 is 73.9. The predicted octanol–water partition coefficient (Wildman–Crippen LogP) is 3.21. The molecule has 0 bridgehead atoms. The molecular weight excluding hydrogens is 467 g/mol. The van der Waals surface area contributed by atoms with Crippen molar-refractivity contribution < 1.29 is 41.0 Å². The SMILES string of the molecule is CNC(=O)N1C[C@@H](COC)C[C@@H](N(C(=O)NCc2cc(F)c(OC(F)(F)F)cc2F)C2CC2)C1. The summed E-state index contributed by atoms with van der Waals surface area (Å²) in [6.45, 7) is 0.739. The van der Waals surface area contributed by atoms with Crippen LogP contribution in [0.25, 0.3) is 0 Å². The number of amides is 4. The van der Waals surface area contributed by atoms with E-state index in [1.165, 1.54) is 7.05 Å². The van der Waals surface area contributed by atoms with Crippen LogP contribution in [0.2, 0.25) is 0 Å². The van der Waals surface area contributed by atoms with Crippen molar-refractivity contribution in [1.82, 2.24) is 20.4 Å². The lowest BCUT2D eigenvalue weighted by Gasteiger charge is -2.42. The van der Waals surface area contributed by atoms with Crippen LogP contribution in [0.4, 0.5) is 31.5 Å². The fraction of sp³-hybridized carbons (Fsp3) is 0.619. The molecule has 2 fully saturated rings. The zero-order chi connectivity index (χ0) is 25.0. The normalized spacial score (nSPS) is 20.6. The smallest absolute Gasteiger partial charge is 0.403 e. The van der Waals surface area contributed by atoms with Gasteiger partial charge in [-0.25, -0.2) is 18.4 Å². The van der Waals surface area contributed by atoms with E-state index in [1.54, 1.807) is 16.9 Å².